The normalized spacial score (nSPS) is 18.9. The summed E-state index contributed by atoms with van der Waals surface area (Å²) in [7, 11) is 0. The molecular formula is C18H29NO. The number of nitrogens with one attached hydrogen (secondary N) is 1. The maximum absolute atomic E-state index is 5.49. The van der Waals surface area contributed by atoms with E-state index in [-0.39, 0.29) is 5.54 Å². The van der Waals surface area contributed by atoms with E-state index in [1.54, 1.807) is 0 Å². The fourth-order valence-corrected chi connectivity index (χ4v) is 2.88. The van der Waals surface area contributed by atoms with E-state index in [0.29, 0.717) is 5.92 Å². The fraction of sp³-hybridized carbons (Fsp3) is 0.667. The first-order valence-corrected chi connectivity index (χ1v) is 7.92. The molecule has 1 saturated heterocycles. The van der Waals surface area contributed by atoms with Crippen molar-refractivity contribution in [2.24, 2.45) is 5.92 Å². The van der Waals surface area contributed by atoms with E-state index in [0.717, 1.165) is 25.7 Å². The molecule has 2 heteroatoms. The van der Waals surface area contributed by atoms with Crippen LogP contribution in [0.2, 0.25) is 0 Å². The Morgan fingerprint density at radius 1 is 1.15 bits per heavy atom. The summed E-state index contributed by atoms with van der Waals surface area (Å²) in [4.78, 5) is 0. The zero-order valence-corrected chi connectivity index (χ0v) is 13.2. The van der Waals surface area contributed by atoms with Gasteiger partial charge in [-0.15, -0.1) is 0 Å². The van der Waals surface area contributed by atoms with E-state index in [1.807, 2.05) is 0 Å². The van der Waals surface area contributed by atoms with Crippen LogP contribution in [0.4, 0.5) is 0 Å². The predicted octanol–water partition coefficient (Wildman–Crippen LogP) is 3.98. The van der Waals surface area contributed by atoms with Crippen LogP contribution in [0.15, 0.2) is 30.3 Å². The molecular weight excluding hydrogens is 246 g/mol. The molecule has 0 bridgehead atoms. The third kappa shape index (κ3) is 5.26. The SMILES string of the molecule is CC(C)(C)NCC(CC1CCOCC1)c1ccccc1. The first kappa shape index (κ1) is 15.5. The minimum atomic E-state index is 0.183. The third-order valence-electron chi connectivity index (χ3n) is 4.11. The van der Waals surface area contributed by atoms with Crippen molar-refractivity contribution < 1.29 is 4.74 Å². The average molecular weight is 275 g/mol. The highest BCUT2D eigenvalue weighted by Gasteiger charge is 2.22. The molecule has 1 unspecified atom stereocenters. The number of hydrogen-bond acceptors (Lipinski definition) is 2. The summed E-state index contributed by atoms with van der Waals surface area (Å²) in [6.45, 7) is 9.67. The first-order valence-electron chi connectivity index (χ1n) is 7.92. The summed E-state index contributed by atoms with van der Waals surface area (Å²) in [5.74, 6) is 1.43. The maximum atomic E-state index is 5.49. The van der Waals surface area contributed by atoms with Crippen molar-refractivity contribution in [1.82, 2.24) is 5.32 Å². The topological polar surface area (TPSA) is 21.3 Å². The van der Waals surface area contributed by atoms with Gasteiger partial charge in [-0.05, 0) is 57.4 Å². The van der Waals surface area contributed by atoms with Gasteiger partial charge >= 0.3 is 0 Å². The summed E-state index contributed by atoms with van der Waals surface area (Å²) < 4.78 is 5.49. The Labute approximate surface area is 123 Å². The van der Waals surface area contributed by atoms with Gasteiger partial charge in [-0.25, -0.2) is 0 Å². The highest BCUT2D eigenvalue weighted by molar-refractivity contribution is 5.20. The van der Waals surface area contributed by atoms with Crippen molar-refractivity contribution in [2.45, 2.75) is 51.5 Å². The molecule has 1 aromatic carbocycles. The standard InChI is InChI=1S/C18H29NO/c1-18(2,3)19-14-17(16-7-5-4-6-8-16)13-15-9-11-20-12-10-15/h4-8,15,17,19H,9-14H2,1-3H3. The van der Waals surface area contributed by atoms with E-state index in [4.69, 9.17) is 4.74 Å². The van der Waals surface area contributed by atoms with Crippen LogP contribution in [0, 0.1) is 5.92 Å². The van der Waals surface area contributed by atoms with Gasteiger partial charge < -0.3 is 10.1 Å². The third-order valence-corrected chi connectivity index (χ3v) is 4.11. The van der Waals surface area contributed by atoms with Crippen molar-refractivity contribution in [3.8, 4) is 0 Å². The lowest BCUT2D eigenvalue weighted by Gasteiger charge is -2.30. The van der Waals surface area contributed by atoms with Gasteiger partial charge in [0.05, 0.1) is 0 Å². The number of hydrogen-bond donors (Lipinski definition) is 1. The fourth-order valence-electron chi connectivity index (χ4n) is 2.88. The van der Waals surface area contributed by atoms with Crippen molar-refractivity contribution >= 4 is 0 Å². The second kappa shape index (κ2) is 7.24. The highest BCUT2D eigenvalue weighted by atomic mass is 16.5. The van der Waals surface area contributed by atoms with Crippen molar-refractivity contribution in [2.75, 3.05) is 19.8 Å². The average Bonchev–Trinajstić information content (AvgIpc) is 2.44. The Morgan fingerprint density at radius 3 is 2.40 bits per heavy atom. The van der Waals surface area contributed by atoms with Gasteiger partial charge in [-0.1, -0.05) is 30.3 Å². The van der Waals surface area contributed by atoms with E-state index in [9.17, 15) is 0 Å². The Morgan fingerprint density at radius 2 is 1.80 bits per heavy atom. The second-order valence-electron chi connectivity index (χ2n) is 7.03. The van der Waals surface area contributed by atoms with Gasteiger partial charge in [-0.2, -0.15) is 0 Å². The van der Waals surface area contributed by atoms with E-state index >= 15 is 0 Å². The van der Waals surface area contributed by atoms with Crippen LogP contribution in [-0.2, 0) is 4.74 Å². The molecule has 1 aliphatic heterocycles. The zero-order chi connectivity index (χ0) is 14.4. The first-order chi connectivity index (χ1) is 9.54. The molecule has 0 saturated carbocycles. The van der Waals surface area contributed by atoms with Crippen LogP contribution >= 0.6 is 0 Å². The van der Waals surface area contributed by atoms with Crippen LogP contribution in [0.25, 0.3) is 0 Å². The Hall–Kier alpha value is -0.860. The number of rotatable bonds is 5. The van der Waals surface area contributed by atoms with Gasteiger partial charge in [0.15, 0.2) is 0 Å². The second-order valence-corrected chi connectivity index (χ2v) is 7.03. The molecule has 0 amide bonds. The van der Waals surface area contributed by atoms with Crippen molar-refractivity contribution in [3.63, 3.8) is 0 Å². The predicted molar refractivity (Wildman–Crippen MR) is 85.1 cm³/mol. The Kier molecular flexibility index (Phi) is 5.62. The minimum Gasteiger partial charge on any atom is -0.381 e. The molecule has 2 rings (SSSR count). The molecule has 1 aliphatic rings. The lowest BCUT2D eigenvalue weighted by molar-refractivity contribution is 0.0614. The summed E-state index contributed by atoms with van der Waals surface area (Å²) >= 11 is 0. The van der Waals surface area contributed by atoms with E-state index in [1.165, 1.54) is 24.8 Å². The molecule has 1 fully saturated rings. The largest absolute Gasteiger partial charge is 0.381 e. The quantitative estimate of drug-likeness (QED) is 0.878. The van der Waals surface area contributed by atoms with Crippen molar-refractivity contribution in [3.05, 3.63) is 35.9 Å². The monoisotopic (exact) mass is 275 g/mol. The van der Waals surface area contributed by atoms with E-state index in [2.05, 4.69) is 56.4 Å². The van der Waals surface area contributed by atoms with Crippen LogP contribution < -0.4 is 5.32 Å². The van der Waals surface area contributed by atoms with Gasteiger partial charge in [0.2, 0.25) is 0 Å². The van der Waals surface area contributed by atoms with Gasteiger partial charge in [-0.3, -0.25) is 0 Å². The molecule has 1 N–H and O–H groups in total. The van der Waals surface area contributed by atoms with E-state index < -0.39 is 0 Å². The summed E-state index contributed by atoms with van der Waals surface area (Å²) in [6.07, 6.45) is 3.72. The zero-order valence-electron chi connectivity index (χ0n) is 13.2. The molecule has 0 aromatic heterocycles. The lowest BCUT2D eigenvalue weighted by Crippen LogP contribution is -2.39. The van der Waals surface area contributed by atoms with Crippen LogP contribution in [0.3, 0.4) is 0 Å². The molecule has 1 heterocycles. The Balaban J connectivity index is 1.99. The maximum Gasteiger partial charge on any atom is 0.0468 e. The number of ether oxygens (including phenoxy) is 1. The lowest BCUT2D eigenvalue weighted by atomic mass is 9.84. The van der Waals surface area contributed by atoms with Gasteiger partial charge in [0.1, 0.15) is 0 Å². The molecule has 1 atom stereocenters. The molecule has 112 valence electrons. The molecule has 0 aliphatic carbocycles. The molecule has 0 radical (unpaired) electrons. The smallest absolute Gasteiger partial charge is 0.0468 e. The highest BCUT2D eigenvalue weighted by Crippen LogP contribution is 2.29. The molecule has 2 nitrogen and oxygen atoms in total. The molecule has 1 aromatic rings. The van der Waals surface area contributed by atoms with Crippen LogP contribution in [-0.4, -0.2) is 25.3 Å². The van der Waals surface area contributed by atoms with Gasteiger partial charge in [0, 0.05) is 25.3 Å². The van der Waals surface area contributed by atoms with Crippen LogP contribution in [0.5, 0.6) is 0 Å². The number of benzene rings is 1. The molecule has 20 heavy (non-hydrogen) atoms. The van der Waals surface area contributed by atoms with Crippen LogP contribution in [0.1, 0.15) is 51.5 Å². The minimum absolute atomic E-state index is 0.183. The van der Waals surface area contributed by atoms with Crippen molar-refractivity contribution in [1.29, 1.82) is 0 Å². The molecule has 0 spiro atoms. The summed E-state index contributed by atoms with van der Waals surface area (Å²) in [5.41, 5.74) is 1.65. The summed E-state index contributed by atoms with van der Waals surface area (Å²) in [5, 5.41) is 3.68. The summed E-state index contributed by atoms with van der Waals surface area (Å²) in [6, 6.07) is 11.0. The van der Waals surface area contributed by atoms with Gasteiger partial charge in [0.25, 0.3) is 0 Å². The Bertz CT molecular complexity index is 376.